The molecule has 20 heavy (non-hydrogen) atoms. The van der Waals surface area contributed by atoms with Crippen LogP contribution in [0.3, 0.4) is 0 Å². The van der Waals surface area contributed by atoms with Gasteiger partial charge in [0.1, 0.15) is 5.52 Å². The van der Waals surface area contributed by atoms with Crippen molar-refractivity contribution in [1.29, 1.82) is 0 Å². The van der Waals surface area contributed by atoms with Crippen LogP contribution in [0, 0.1) is 11.3 Å². The van der Waals surface area contributed by atoms with E-state index in [1.54, 1.807) is 6.20 Å². The summed E-state index contributed by atoms with van der Waals surface area (Å²) >= 11 is 0. The lowest BCUT2D eigenvalue weighted by atomic mass is 9.71. The summed E-state index contributed by atoms with van der Waals surface area (Å²) in [7, 11) is 0. The number of pyridine rings is 1. The molecule has 0 aliphatic heterocycles. The van der Waals surface area contributed by atoms with Gasteiger partial charge >= 0.3 is 0 Å². The predicted octanol–water partition coefficient (Wildman–Crippen LogP) is 3.30. The van der Waals surface area contributed by atoms with Crippen LogP contribution in [0.2, 0.25) is 0 Å². The number of primary amides is 1. The Morgan fingerprint density at radius 1 is 1.50 bits per heavy atom. The van der Waals surface area contributed by atoms with Crippen molar-refractivity contribution < 1.29 is 7.65 Å². The number of aromatic amines is 1. The topological polar surface area (TPSA) is 71.8 Å². The molecule has 0 saturated carbocycles. The van der Waals surface area contributed by atoms with Crippen LogP contribution in [0.1, 0.15) is 51.7 Å². The summed E-state index contributed by atoms with van der Waals surface area (Å²) in [5, 5.41) is 0. The van der Waals surface area contributed by atoms with E-state index in [9.17, 15) is 4.79 Å². The van der Waals surface area contributed by atoms with Crippen molar-refractivity contribution in [3.63, 3.8) is 0 Å². The first kappa shape index (κ1) is 13.2. The van der Waals surface area contributed by atoms with Crippen molar-refractivity contribution in [2.75, 3.05) is 0 Å². The highest BCUT2D eigenvalue weighted by Crippen LogP contribution is 2.37. The van der Waals surface area contributed by atoms with E-state index in [1.807, 2.05) is 0 Å². The van der Waals surface area contributed by atoms with Gasteiger partial charge in [-0.3, -0.25) is 9.78 Å². The average Bonchev–Trinajstić information content (AvgIpc) is 2.77. The van der Waals surface area contributed by atoms with E-state index in [0.717, 1.165) is 30.5 Å². The van der Waals surface area contributed by atoms with E-state index in [2.05, 4.69) is 36.8 Å². The third-order valence-corrected chi connectivity index (χ3v) is 4.50. The second-order valence-electron chi connectivity index (χ2n) is 6.86. The summed E-state index contributed by atoms with van der Waals surface area (Å²) < 4.78 is 0. The molecule has 110 valence electrons. The van der Waals surface area contributed by atoms with Gasteiger partial charge in [-0.15, -0.1) is 0 Å². The fourth-order valence-corrected chi connectivity index (χ4v) is 3.13. The summed E-state index contributed by atoms with van der Waals surface area (Å²) in [6.07, 6.45) is 4.86. The fourth-order valence-electron chi connectivity index (χ4n) is 3.13. The van der Waals surface area contributed by atoms with E-state index in [-0.39, 0.29) is 2.85 Å². The molecule has 4 nitrogen and oxygen atoms in total. The molecule has 0 fully saturated rings. The monoisotopic (exact) mass is 275 g/mol. The Labute approximate surface area is 121 Å². The highest BCUT2D eigenvalue weighted by atomic mass is 16.1. The maximum atomic E-state index is 11.4. The van der Waals surface area contributed by atoms with Crippen LogP contribution in [0.5, 0.6) is 0 Å². The largest absolute Gasteiger partial charge is 0.365 e. The van der Waals surface area contributed by atoms with E-state index in [4.69, 9.17) is 5.73 Å². The third kappa shape index (κ3) is 2.09. The number of hydrogen-bond acceptors (Lipinski definition) is 2. The SMILES string of the molecule is CC(C)(C)C1CCc2nc3c(C(N)=O)c[nH]c3cc2C1.[HH].[HH]. The zero-order valence-corrected chi connectivity index (χ0v) is 12.3. The summed E-state index contributed by atoms with van der Waals surface area (Å²) in [4.78, 5) is 19.2. The molecule has 0 radical (unpaired) electrons. The van der Waals surface area contributed by atoms with Crippen molar-refractivity contribution in [2.45, 2.75) is 40.0 Å². The maximum Gasteiger partial charge on any atom is 0.252 e. The van der Waals surface area contributed by atoms with Gasteiger partial charge in [0.05, 0.1) is 11.1 Å². The first-order valence-electron chi connectivity index (χ1n) is 7.16. The number of hydrogen-bond donors (Lipinski definition) is 2. The molecule has 0 saturated heterocycles. The molecule has 4 heteroatoms. The number of rotatable bonds is 1. The van der Waals surface area contributed by atoms with Crippen LogP contribution >= 0.6 is 0 Å². The van der Waals surface area contributed by atoms with E-state index in [1.165, 1.54) is 5.56 Å². The van der Waals surface area contributed by atoms with Crippen LogP contribution in [-0.2, 0) is 12.8 Å². The Morgan fingerprint density at radius 2 is 2.25 bits per heavy atom. The number of carbonyl (C=O) groups excluding carboxylic acids is 1. The van der Waals surface area contributed by atoms with Gasteiger partial charge in [0.2, 0.25) is 0 Å². The number of nitrogens with zero attached hydrogens (tertiary/aromatic N) is 1. The van der Waals surface area contributed by atoms with E-state index >= 15 is 0 Å². The summed E-state index contributed by atoms with van der Waals surface area (Å²) in [5.41, 5.74) is 10.2. The number of nitrogens with one attached hydrogen (secondary N) is 1. The number of nitrogens with two attached hydrogens (primary N) is 1. The Kier molecular flexibility index (Phi) is 2.85. The second-order valence-corrected chi connectivity index (χ2v) is 6.86. The molecular formula is C16H25N3O. The van der Waals surface area contributed by atoms with Gasteiger partial charge in [0.15, 0.2) is 0 Å². The minimum atomic E-state index is -0.424. The number of carbonyl (C=O) groups is 1. The van der Waals surface area contributed by atoms with Gasteiger partial charge in [0.25, 0.3) is 5.91 Å². The standard InChI is InChI=1S/C16H21N3O.2H2/c1-16(2,3)10-4-5-12-9(6-10)7-13-14(19-12)11(8-18-13)15(17)20;;/h7-8,10,18H,4-6H2,1-3H3,(H2,17,20);2*1H. The molecule has 2 aromatic rings. The van der Waals surface area contributed by atoms with E-state index in [0.29, 0.717) is 22.4 Å². The molecule has 0 spiro atoms. The van der Waals surface area contributed by atoms with Gasteiger partial charge < -0.3 is 10.7 Å². The molecular weight excluding hydrogens is 250 g/mol. The first-order chi connectivity index (χ1) is 9.36. The summed E-state index contributed by atoms with van der Waals surface area (Å²) in [6.45, 7) is 6.90. The normalized spacial score (nSPS) is 19.1. The number of H-pyrrole nitrogens is 1. The quantitative estimate of drug-likeness (QED) is 0.838. The van der Waals surface area contributed by atoms with Crippen molar-refractivity contribution >= 4 is 16.9 Å². The van der Waals surface area contributed by atoms with Crippen LogP contribution in [-0.4, -0.2) is 15.9 Å². The maximum absolute atomic E-state index is 11.4. The van der Waals surface area contributed by atoms with Gasteiger partial charge in [-0.1, -0.05) is 20.8 Å². The van der Waals surface area contributed by atoms with Crippen LogP contribution in [0.15, 0.2) is 12.3 Å². The van der Waals surface area contributed by atoms with Gasteiger partial charge in [-0.2, -0.15) is 0 Å². The minimum absolute atomic E-state index is 0. The number of amides is 1. The Hall–Kier alpha value is -1.84. The highest BCUT2D eigenvalue weighted by molar-refractivity contribution is 6.04. The van der Waals surface area contributed by atoms with Gasteiger partial charge in [0, 0.05) is 14.7 Å². The Bertz CT molecular complexity index is 688. The average molecular weight is 275 g/mol. The Balaban J connectivity index is 0.00000121. The number of aryl methyl sites for hydroxylation is 1. The van der Waals surface area contributed by atoms with Gasteiger partial charge in [-0.25, -0.2) is 0 Å². The molecule has 1 unspecified atom stereocenters. The van der Waals surface area contributed by atoms with E-state index < -0.39 is 5.91 Å². The lowest BCUT2D eigenvalue weighted by Crippen LogP contribution is -2.27. The number of fused-ring (bicyclic) bond motifs is 2. The molecule has 0 bridgehead atoms. The van der Waals surface area contributed by atoms with Crippen molar-refractivity contribution in [3.8, 4) is 0 Å². The lowest BCUT2D eigenvalue weighted by Gasteiger charge is -2.34. The van der Waals surface area contributed by atoms with Crippen LogP contribution in [0.25, 0.3) is 11.0 Å². The highest BCUT2D eigenvalue weighted by Gasteiger charge is 2.29. The van der Waals surface area contributed by atoms with Crippen molar-refractivity contribution in [1.82, 2.24) is 9.97 Å². The molecule has 2 aromatic heterocycles. The predicted molar refractivity (Wildman–Crippen MR) is 83.8 cm³/mol. The van der Waals surface area contributed by atoms with Gasteiger partial charge in [-0.05, 0) is 42.2 Å². The molecule has 0 aromatic carbocycles. The van der Waals surface area contributed by atoms with Crippen molar-refractivity contribution in [3.05, 3.63) is 29.1 Å². The molecule has 1 amide bonds. The fraction of sp³-hybridized carbons (Fsp3) is 0.500. The molecule has 1 aliphatic rings. The zero-order valence-electron chi connectivity index (χ0n) is 12.3. The lowest BCUT2D eigenvalue weighted by molar-refractivity contribution is 0.100. The molecule has 1 aliphatic carbocycles. The second kappa shape index (κ2) is 4.33. The summed E-state index contributed by atoms with van der Waals surface area (Å²) in [6, 6.07) is 2.14. The molecule has 3 rings (SSSR count). The first-order valence-corrected chi connectivity index (χ1v) is 7.16. The molecule has 2 heterocycles. The minimum Gasteiger partial charge on any atom is -0.365 e. The molecule has 3 N–H and O–H groups in total. The molecule has 1 atom stereocenters. The zero-order chi connectivity index (χ0) is 14.5. The van der Waals surface area contributed by atoms with Crippen LogP contribution in [0.4, 0.5) is 0 Å². The number of aromatic nitrogens is 2. The van der Waals surface area contributed by atoms with Crippen molar-refractivity contribution in [2.24, 2.45) is 17.1 Å². The smallest absolute Gasteiger partial charge is 0.252 e. The van der Waals surface area contributed by atoms with Crippen LogP contribution < -0.4 is 5.73 Å². The summed E-state index contributed by atoms with van der Waals surface area (Å²) in [5.74, 6) is 0.256. The Morgan fingerprint density at radius 3 is 2.90 bits per heavy atom. The third-order valence-electron chi connectivity index (χ3n) is 4.50.